The lowest BCUT2D eigenvalue weighted by Crippen LogP contribution is -2.30. The Labute approximate surface area is 110 Å². The van der Waals surface area contributed by atoms with Gasteiger partial charge < -0.3 is 11.1 Å². The smallest absolute Gasteiger partial charge is 0.341 e. The molecule has 7 heteroatoms. The normalized spacial score (nSPS) is 17.5. The van der Waals surface area contributed by atoms with Gasteiger partial charge in [0.2, 0.25) is 9.84 Å². The van der Waals surface area contributed by atoms with Crippen molar-refractivity contribution in [3.63, 3.8) is 0 Å². The molecule has 1 aliphatic carbocycles. The lowest BCUT2D eigenvalue weighted by molar-refractivity contribution is 0.234. The second-order valence-electron chi connectivity index (χ2n) is 4.65. The zero-order valence-electron chi connectivity index (χ0n) is 10.2. The van der Waals surface area contributed by atoms with E-state index in [-0.39, 0.29) is 10.9 Å². The van der Waals surface area contributed by atoms with E-state index >= 15 is 0 Å². The van der Waals surface area contributed by atoms with Crippen LogP contribution in [0.1, 0.15) is 12.8 Å². The van der Waals surface area contributed by atoms with Gasteiger partial charge in [0.15, 0.2) is 0 Å². The largest absolute Gasteiger partial charge is 0.381 e. The van der Waals surface area contributed by atoms with E-state index in [0.717, 1.165) is 12.8 Å². The molecule has 0 bridgehead atoms. The third-order valence-electron chi connectivity index (χ3n) is 3.21. The minimum atomic E-state index is -4.52. The Bertz CT molecular complexity index is 527. The highest BCUT2D eigenvalue weighted by Gasteiger charge is 2.30. The first-order valence-corrected chi connectivity index (χ1v) is 7.58. The van der Waals surface area contributed by atoms with Crippen LogP contribution < -0.4 is 11.1 Å². The van der Waals surface area contributed by atoms with Crippen molar-refractivity contribution in [2.45, 2.75) is 29.5 Å². The molecule has 1 aromatic carbocycles. The first-order chi connectivity index (χ1) is 8.95. The molecule has 1 fully saturated rings. The average Bonchev–Trinajstić information content (AvgIpc) is 3.20. The maximum atomic E-state index is 12.4. The molecule has 1 aromatic rings. The molecule has 0 radical (unpaired) electrons. The van der Waals surface area contributed by atoms with Crippen LogP contribution in [0.2, 0.25) is 0 Å². The Morgan fingerprint density at radius 2 is 1.84 bits per heavy atom. The highest BCUT2D eigenvalue weighted by molar-refractivity contribution is 7.91. The van der Waals surface area contributed by atoms with Crippen LogP contribution in [0.4, 0.5) is 14.5 Å². The van der Waals surface area contributed by atoms with E-state index < -0.39 is 15.6 Å². The minimum Gasteiger partial charge on any atom is -0.381 e. The molecular weight excluding hydrogens is 274 g/mol. The molecular formula is C12H16F2N2O2S. The number of halogens is 2. The van der Waals surface area contributed by atoms with Crippen molar-refractivity contribution in [3.05, 3.63) is 24.3 Å². The monoisotopic (exact) mass is 290 g/mol. The van der Waals surface area contributed by atoms with Crippen LogP contribution in [0, 0.1) is 5.92 Å². The van der Waals surface area contributed by atoms with Gasteiger partial charge in [0.05, 0.1) is 4.90 Å². The molecule has 0 aromatic heterocycles. The third-order valence-corrected chi connectivity index (χ3v) is 4.61. The third kappa shape index (κ3) is 3.22. The van der Waals surface area contributed by atoms with Gasteiger partial charge in [-0.25, -0.2) is 8.42 Å². The van der Waals surface area contributed by atoms with E-state index in [4.69, 9.17) is 5.73 Å². The van der Waals surface area contributed by atoms with Gasteiger partial charge >= 0.3 is 5.76 Å². The number of rotatable bonds is 6. The summed E-state index contributed by atoms with van der Waals surface area (Å²) in [5.74, 6) is -2.84. The quantitative estimate of drug-likeness (QED) is 0.838. The Morgan fingerprint density at radius 1 is 1.26 bits per heavy atom. The molecule has 0 aliphatic heterocycles. The van der Waals surface area contributed by atoms with Gasteiger partial charge in [0.1, 0.15) is 0 Å². The Morgan fingerprint density at radius 3 is 2.26 bits per heavy atom. The summed E-state index contributed by atoms with van der Waals surface area (Å²) in [5, 5.41) is 3.19. The zero-order valence-corrected chi connectivity index (χ0v) is 11.0. The van der Waals surface area contributed by atoms with Crippen LogP contribution in [0.15, 0.2) is 29.2 Å². The summed E-state index contributed by atoms with van der Waals surface area (Å²) in [7, 11) is -4.52. The van der Waals surface area contributed by atoms with Crippen molar-refractivity contribution in [2.75, 3.05) is 11.9 Å². The number of anilines is 1. The lowest BCUT2D eigenvalue weighted by atomic mass is 10.1. The van der Waals surface area contributed by atoms with Crippen LogP contribution in [-0.2, 0) is 9.84 Å². The second kappa shape index (κ2) is 5.42. The number of benzene rings is 1. The maximum Gasteiger partial charge on any atom is 0.341 e. The van der Waals surface area contributed by atoms with Gasteiger partial charge in [-0.3, -0.25) is 0 Å². The molecule has 3 N–H and O–H groups in total. The first kappa shape index (κ1) is 14.2. The zero-order chi connectivity index (χ0) is 14.0. The molecule has 1 saturated carbocycles. The topological polar surface area (TPSA) is 72.2 Å². The van der Waals surface area contributed by atoms with Crippen molar-refractivity contribution in [2.24, 2.45) is 11.7 Å². The van der Waals surface area contributed by atoms with Crippen molar-refractivity contribution in [1.29, 1.82) is 0 Å². The summed E-state index contributed by atoms with van der Waals surface area (Å²) in [6.45, 7) is 0.488. The fraction of sp³-hybridized carbons (Fsp3) is 0.500. The maximum absolute atomic E-state index is 12.4. The molecule has 0 saturated heterocycles. The summed E-state index contributed by atoms with van der Waals surface area (Å²) in [6.07, 6.45) is 2.26. The van der Waals surface area contributed by atoms with Gasteiger partial charge in [0.25, 0.3) is 0 Å². The van der Waals surface area contributed by atoms with E-state index in [1.54, 1.807) is 0 Å². The van der Waals surface area contributed by atoms with Gasteiger partial charge in [-0.2, -0.15) is 8.78 Å². The minimum absolute atomic E-state index is 0.151. The fourth-order valence-corrected chi connectivity index (χ4v) is 2.65. The van der Waals surface area contributed by atoms with E-state index in [1.807, 2.05) is 0 Å². The first-order valence-electron chi connectivity index (χ1n) is 6.04. The van der Waals surface area contributed by atoms with Gasteiger partial charge in [0, 0.05) is 18.3 Å². The molecule has 1 atom stereocenters. The standard InChI is InChI=1S/C12H16F2N2O2S/c13-12(14)19(17,18)10-5-3-9(4-6-10)16-11(7-15)8-1-2-8/h3-6,8,11-12,16H,1-2,7,15H2. The van der Waals surface area contributed by atoms with Crippen LogP contribution in [0.3, 0.4) is 0 Å². The number of sulfone groups is 1. The number of nitrogens with one attached hydrogen (secondary N) is 1. The predicted octanol–water partition coefficient (Wildman–Crippen LogP) is 1.83. The summed E-state index contributed by atoms with van der Waals surface area (Å²) >= 11 is 0. The van der Waals surface area contributed by atoms with Crippen LogP contribution in [-0.4, -0.2) is 26.8 Å². The number of hydrogen-bond donors (Lipinski definition) is 2. The Balaban J connectivity index is 2.10. The second-order valence-corrected chi connectivity index (χ2v) is 6.57. The molecule has 0 spiro atoms. The molecule has 0 heterocycles. The fourth-order valence-electron chi connectivity index (χ4n) is 1.93. The SMILES string of the molecule is NCC(Nc1ccc(S(=O)(=O)C(F)F)cc1)C1CC1. The van der Waals surface area contributed by atoms with Crippen LogP contribution >= 0.6 is 0 Å². The van der Waals surface area contributed by atoms with Crippen LogP contribution in [0.5, 0.6) is 0 Å². The summed E-state index contributed by atoms with van der Waals surface area (Å²) in [4.78, 5) is -0.372. The molecule has 1 unspecified atom stereocenters. The molecule has 106 valence electrons. The average molecular weight is 290 g/mol. The van der Waals surface area contributed by atoms with Gasteiger partial charge in [-0.05, 0) is 43.0 Å². The number of hydrogen-bond acceptors (Lipinski definition) is 4. The van der Waals surface area contributed by atoms with E-state index in [0.29, 0.717) is 18.2 Å². The highest BCUT2D eigenvalue weighted by atomic mass is 32.2. The Kier molecular flexibility index (Phi) is 4.05. The predicted molar refractivity (Wildman–Crippen MR) is 68.8 cm³/mol. The summed E-state index contributed by atoms with van der Waals surface area (Å²) in [5.41, 5.74) is 6.33. The van der Waals surface area contributed by atoms with Crippen molar-refractivity contribution >= 4 is 15.5 Å². The molecule has 4 nitrogen and oxygen atoms in total. The molecule has 2 rings (SSSR count). The molecule has 1 aliphatic rings. The summed E-state index contributed by atoms with van der Waals surface area (Å²) in [6, 6.07) is 5.49. The van der Waals surface area contributed by atoms with Gasteiger partial charge in [-0.1, -0.05) is 0 Å². The highest BCUT2D eigenvalue weighted by Crippen LogP contribution is 2.34. The van der Waals surface area contributed by atoms with Crippen LogP contribution in [0.25, 0.3) is 0 Å². The molecule has 19 heavy (non-hydrogen) atoms. The van der Waals surface area contributed by atoms with Crippen molar-refractivity contribution in [1.82, 2.24) is 0 Å². The van der Waals surface area contributed by atoms with E-state index in [1.165, 1.54) is 24.3 Å². The van der Waals surface area contributed by atoms with E-state index in [2.05, 4.69) is 5.32 Å². The molecule has 0 amide bonds. The van der Waals surface area contributed by atoms with Crippen molar-refractivity contribution < 1.29 is 17.2 Å². The Hall–Kier alpha value is -1.21. The van der Waals surface area contributed by atoms with E-state index in [9.17, 15) is 17.2 Å². The summed E-state index contributed by atoms with van der Waals surface area (Å²) < 4.78 is 47.2. The van der Waals surface area contributed by atoms with Crippen molar-refractivity contribution in [3.8, 4) is 0 Å². The lowest BCUT2D eigenvalue weighted by Gasteiger charge is -2.17. The van der Waals surface area contributed by atoms with Gasteiger partial charge in [-0.15, -0.1) is 0 Å². The number of nitrogens with two attached hydrogens (primary N) is 1. The number of alkyl halides is 2.